The molecule has 0 bridgehead atoms. The van der Waals surface area contributed by atoms with E-state index < -0.39 is 0 Å². The summed E-state index contributed by atoms with van der Waals surface area (Å²) in [4.78, 5) is 35.0. The highest BCUT2D eigenvalue weighted by molar-refractivity contribution is 5.91. The fourth-order valence-electron chi connectivity index (χ4n) is 2.47. The second-order valence-corrected chi connectivity index (χ2v) is 6.82. The molecule has 29 heavy (non-hydrogen) atoms. The molecule has 7 heteroatoms. The summed E-state index contributed by atoms with van der Waals surface area (Å²) >= 11 is 0. The Labute approximate surface area is 173 Å². The molecule has 0 heterocycles. The fourth-order valence-corrected chi connectivity index (χ4v) is 2.47. The van der Waals surface area contributed by atoms with E-state index in [2.05, 4.69) is 16.0 Å². The smallest absolute Gasteiger partial charge is 0.246 e. The molecule has 0 saturated carbocycles. The second-order valence-electron chi connectivity index (χ2n) is 6.82. The highest BCUT2D eigenvalue weighted by Gasteiger charge is 2.04. The lowest BCUT2D eigenvalue weighted by atomic mass is 10.1. The summed E-state index contributed by atoms with van der Waals surface area (Å²) in [7, 11) is 1.78. The third-order valence-corrected chi connectivity index (χ3v) is 4.16. The lowest BCUT2D eigenvalue weighted by molar-refractivity contribution is -0.126. The maximum atomic E-state index is 11.9. The maximum absolute atomic E-state index is 11.9. The van der Waals surface area contributed by atoms with Gasteiger partial charge < -0.3 is 20.7 Å². The Morgan fingerprint density at radius 3 is 2.38 bits per heavy atom. The standard InChI is InChI=1S/C22H33N3O4/c1-4-6-21(27)24-11-5-12-29-16-22(28)25-15-19-9-7-18(8-10-19)14-20(26)13-17(2)23-3/h7-10,13,23H,4-6,11-12,14-16H2,1-3H3,(H,24,27)(H,25,28)/b17-13-. The molecule has 0 radical (unpaired) electrons. The van der Waals surface area contributed by atoms with Crippen molar-refractivity contribution in [1.29, 1.82) is 0 Å². The van der Waals surface area contributed by atoms with Crippen LogP contribution >= 0.6 is 0 Å². The first kappa shape index (κ1) is 24.4. The first-order chi connectivity index (χ1) is 13.9. The van der Waals surface area contributed by atoms with Gasteiger partial charge in [0, 0.05) is 51.4 Å². The average Bonchev–Trinajstić information content (AvgIpc) is 2.70. The van der Waals surface area contributed by atoms with Gasteiger partial charge in [0.15, 0.2) is 5.78 Å². The molecule has 2 amide bonds. The van der Waals surface area contributed by atoms with Crippen LogP contribution in [0.15, 0.2) is 36.0 Å². The Morgan fingerprint density at radius 1 is 1.03 bits per heavy atom. The Bertz CT molecular complexity index is 684. The minimum atomic E-state index is -0.188. The van der Waals surface area contributed by atoms with E-state index >= 15 is 0 Å². The van der Waals surface area contributed by atoms with E-state index in [0.29, 0.717) is 39.0 Å². The summed E-state index contributed by atoms with van der Waals surface area (Å²) in [6.45, 7) is 5.18. The van der Waals surface area contributed by atoms with Crippen LogP contribution in [-0.4, -0.2) is 44.4 Å². The van der Waals surface area contributed by atoms with Crippen molar-refractivity contribution in [2.75, 3.05) is 26.8 Å². The molecule has 0 unspecified atom stereocenters. The van der Waals surface area contributed by atoms with Crippen LogP contribution in [0.1, 0.15) is 44.2 Å². The van der Waals surface area contributed by atoms with E-state index in [1.807, 2.05) is 38.1 Å². The van der Waals surface area contributed by atoms with E-state index in [4.69, 9.17) is 4.74 Å². The Hall–Kier alpha value is -2.67. The summed E-state index contributed by atoms with van der Waals surface area (Å²) in [5, 5.41) is 8.52. The fraction of sp³-hybridized carbons (Fsp3) is 0.500. The van der Waals surface area contributed by atoms with Gasteiger partial charge in [0.2, 0.25) is 11.8 Å². The monoisotopic (exact) mass is 403 g/mol. The molecule has 0 fully saturated rings. The van der Waals surface area contributed by atoms with Crippen molar-refractivity contribution in [3.05, 3.63) is 47.2 Å². The van der Waals surface area contributed by atoms with Gasteiger partial charge in [-0.2, -0.15) is 0 Å². The van der Waals surface area contributed by atoms with Crippen LogP contribution in [0.25, 0.3) is 0 Å². The number of nitrogens with one attached hydrogen (secondary N) is 3. The van der Waals surface area contributed by atoms with Crippen molar-refractivity contribution >= 4 is 17.6 Å². The molecule has 1 aromatic rings. The number of hydrogen-bond donors (Lipinski definition) is 3. The number of allylic oxidation sites excluding steroid dienone is 2. The van der Waals surface area contributed by atoms with Gasteiger partial charge in [-0.3, -0.25) is 14.4 Å². The van der Waals surface area contributed by atoms with Gasteiger partial charge in [-0.25, -0.2) is 0 Å². The lowest BCUT2D eigenvalue weighted by Gasteiger charge is -2.08. The predicted octanol–water partition coefficient (Wildman–Crippen LogP) is 1.86. The number of amides is 2. The van der Waals surface area contributed by atoms with Crippen LogP contribution in [0, 0.1) is 0 Å². The van der Waals surface area contributed by atoms with Crippen LogP contribution in [0.5, 0.6) is 0 Å². The van der Waals surface area contributed by atoms with Crippen molar-refractivity contribution in [2.45, 2.75) is 46.1 Å². The molecule has 0 aliphatic carbocycles. The molecule has 0 saturated heterocycles. The molecule has 0 spiro atoms. The van der Waals surface area contributed by atoms with Crippen molar-refractivity contribution in [2.24, 2.45) is 0 Å². The van der Waals surface area contributed by atoms with Crippen molar-refractivity contribution in [3.8, 4) is 0 Å². The normalized spacial score (nSPS) is 11.1. The summed E-state index contributed by atoms with van der Waals surface area (Å²) in [5.41, 5.74) is 2.72. The highest BCUT2D eigenvalue weighted by atomic mass is 16.5. The van der Waals surface area contributed by atoms with Gasteiger partial charge in [-0.1, -0.05) is 31.2 Å². The Morgan fingerprint density at radius 2 is 1.72 bits per heavy atom. The Balaban J connectivity index is 2.20. The van der Waals surface area contributed by atoms with Crippen LogP contribution in [0.2, 0.25) is 0 Å². The average molecular weight is 404 g/mol. The van der Waals surface area contributed by atoms with E-state index in [0.717, 1.165) is 23.2 Å². The van der Waals surface area contributed by atoms with Gasteiger partial charge in [0.1, 0.15) is 6.61 Å². The van der Waals surface area contributed by atoms with E-state index in [9.17, 15) is 14.4 Å². The van der Waals surface area contributed by atoms with Crippen LogP contribution in [0.4, 0.5) is 0 Å². The minimum absolute atomic E-state index is 0.00730. The van der Waals surface area contributed by atoms with Gasteiger partial charge in [0.05, 0.1) is 0 Å². The molecule has 1 rings (SSSR count). The molecule has 7 nitrogen and oxygen atoms in total. The molecular weight excluding hydrogens is 370 g/mol. The van der Waals surface area contributed by atoms with Crippen LogP contribution in [0.3, 0.4) is 0 Å². The van der Waals surface area contributed by atoms with E-state index in [1.165, 1.54) is 0 Å². The molecule has 0 aliphatic rings. The summed E-state index contributed by atoms with van der Waals surface area (Å²) in [6.07, 6.45) is 3.97. The molecule has 0 aliphatic heterocycles. The zero-order valence-electron chi connectivity index (χ0n) is 17.7. The first-order valence-corrected chi connectivity index (χ1v) is 10.0. The quantitative estimate of drug-likeness (QED) is 0.325. The molecule has 160 valence electrons. The molecule has 1 aromatic carbocycles. The maximum Gasteiger partial charge on any atom is 0.246 e. The van der Waals surface area contributed by atoms with Crippen molar-refractivity contribution in [3.63, 3.8) is 0 Å². The zero-order chi connectivity index (χ0) is 21.5. The van der Waals surface area contributed by atoms with E-state index in [1.54, 1.807) is 13.1 Å². The number of benzene rings is 1. The van der Waals surface area contributed by atoms with Gasteiger partial charge >= 0.3 is 0 Å². The number of carbonyl (C=O) groups excluding carboxylic acids is 3. The molecule has 0 aromatic heterocycles. The third kappa shape index (κ3) is 11.7. The largest absolute Gasteiger partial charge is 0.392 e. The van der Waals surface area contributed by atoms with Crippen LogP contribution < -0.4 is 16.0 Å². The Kier molecular flexibility index (Phi) is 12.1. The van der Waals surface area contributed by atoms with Gasteiger partial charge in [-0.05, 0) is 30.9 Å². The van der Waals surface area contributed by atoms with Crippen LogP contribution in [-0.2, 0) is 32.1 Å². The predicted molar refractivity (Wildman–Crippen MR) is 113 cm³/mol. The number of rotatable bonds is 14. The summed E-state index contributed by atoms with van der Waals surface area (Å²) in [6, 6.07) is 7.59. The number of hydrogen-bond acceptors (Lipinski definition) is 5. The molecule has 3 N–H and O–H groups in total. The zero-order valence-corrected chi connectivity index (χ0v) is 17.7. The van der Waals surface area contributed by atoms with Crippen molar-refractivity contribution < 1.29 is 19.1 Å². The third-order valence-electron chi connectivity index (χ3n) is 4.16. The summed E-state index contributed by atoms with van der Waals surface area (Å²) < 4.78 is 5.32. The molecular formula is C22H33N3O4. The number of ether oxygens (including phenoxy) is 1. The van der Waals surface area contributed by atoms with Gasteiger partial charge in [0.25, 0.3) is 0 Å². The van der Waals surface area contributed by atoms with E-state index in [-0.39, 0.29) is 24.2 Å². The highest BCUT2D eigenvalue weighted by Crippen LogP contribution is 2.06. The van der Waals surface area contributed by atoms with Gasteiger partial charge in [-0.15, -0.1) is 0 Å². The second kappa shape index (κ2) is 14.3. The number of ketones is 1. The van der Waals surface area contributed by atoms with Crippen molar-refractivity contribution in [1.82, 2.24) is 16.0 Å². The lowest BCUT2D eigenvalue weighted by Crippen LogP contribution is -2.28. The minimum Gasteiger partial charge on any atom is -0.392 e. The summed E-state index contributed by atoms with van der Waals surface area (Å²) in [5.74, 6) is -0.0999. The number of carbonyl (C=O) groups is 3. The SMILES string of the molecule is CCCC(=O)NCCCOCC(=O)NCc1ccc(CC(=O)/C=C(/C)NC)cc1. The first-order valence-electron chi connectivity index (χ1n) is 10.0. The molecule has 0 atom stereocenters. The topological polar surface area (TPSA) is 96.5 Å².